The van der Waals surface area contributed by atoms with Gasteiger partial charge in [-0.1, -0.05) is 6.07 Å². The first-order valence-electron chi connectivity index (χ1n) is 7.76. The summed E-state index contributed by atoms with van der Waals surface area (Å²) in [6.07, 6.45) is 5.14. The number of hydrogen-bond acceptors (Lipinski definition) is 5. The van der Waals surface area contributed by atoms with E-state index in [2.05, 4.69) is 25.3 Å². The molecule has 0 radical (unpaired) electrons. The molecule has 0 aliphatic heterocycles. The molecule has 5 nitrogen and oxygen atoms in total. The molecule has 0 saturated carbocycles. The van der Waals surface area contributed by atoms with E-state index >= 15 is 0 Å². The van der Waals surface area contributed by atoms with Gasteiger partial charge in [0.25, 0.3) is 0 Å². The summed E-state index contributed by atoms with van der Waals surface area (Å²) in [6.45, 7) is 1.97. The summed E-state index contributed by atoms with van der Waals surface area (Å²) in [4.78, 5) is 17.5. The molecular formula is C19H14FN5. The third-order valence-corrected chi connectivity index (χ3v) is 3.74. The van der Waals surface area contributed by atoms with Crippen LogP contribution in [-0.2, 0) is 0 Å². The van der Waals surface area contributed by atoms with Crippen molar-refractivity contribution in [3.63, 3.8) is 0 Å². The number of aryl methyl sites for hydroxylation is 1. The zero-order valence-electron chi connectivity index (χ0n) is 13.4. The number of anilines is 2. The third-order valence-electron chi connectivity index (χ3n) is 3.74. The van der Waals surface area contributed by atoms with Crippen molar-refractivity contribution in [1.29, 1.82) is 0 Å². The van der Waals surface area contributed by atoms with Crippen molar-refractivity contribution in [2.75, 3.05) is 5.32 Å². The molecule has 0 spiro atoms. The number of hydrogen-bond donors (Lipinski definition) is 1. The predicted octanol–water partition coefficient (Wildman–Crippen LogP) is 4.28. The van der Waals surface area contributed by atoms with E-state index < -0.39 is 0 Å². The standard InChI is InChI=1S/C19H14FN5/c1-12-4-7-17(22-10-12)24-19-15-9-14(20)5-6-16(15)23-18(25-19)13-3-2-8-21-11-13/h2-11H,1H3,(H,22,23,24,25). The number of halogens is 1. The first-order valence-corrected chi connectivity index (χ1v) is 7.76. The fraction of sp³-hybridized carbons (Fsp3) is 0.0526. The van der Waals surface area contributed by atoms with Crippen molar-refractivity contribution in [3.05, 3.63) is 72.4 Å². The minimum atomic E-state index is -0.342. The highest BCUT2D eigenvalue weighted by atomic mass is 19.1. The minimum absolute atomic E-state index is 0.342. The lowest BCUT2D eigenvalue weighted by molar-refractivity contribution is 0.629. The molecule has 3 heterocycles. The Kier molecular flexibility index (Phi) is 3.78. The second-order valence-electron chi connectivity index (χ2n) is 5.64. The summed E-state index contributed by atoms with van der Waals surface area (Å²) in [7, 11) is 0. The van der Waals surface area contributed by atoms with E-state index in [0.717, 1.165) is 11.1 Å². The number of fused-ring (bicyclic) bond motifs is 1. The van der Waals surface area contributed by atoms with Crippen LogP contribution in [0.2, 0.25) is 0 Å². The molecule has 0 amide bonds. The van der Waals surface area contributed by atoms with Gasteiger partial charge in [-0.05, 0) is 48.9 Å². The molecule has 0 unspecified atom stereocenters. The van der Waals surface area contributed by atoms with Gasteiger partial charge in [0.2, 0.25) is 0 Å². The molecule has 25 heavy (non-hydrogen) atoms. The Balaban J connectivity index is 1.87. The number of nitrogens with one attached hydrogen (secondary N) is 1. The summed E-state index contributed by atoms with van der Waals surface area (Å²) in [5, 5.41) is 3.75. The first kappa shape index (κ1) is 15.1. The lowest BCUT2D eigenvalue weighted by Crippen LogP contribution is -2.01. The minimum Gasteiger partial charge on any atom is -0.324 e. The number of nitrogens with zero attached hydrogens (tertiary/aromatic N) is 4. The molecule has 0 aliphatic rings. The van der Waals surface area contributed by atoms with E-state index in [1.165, 1.54) is 12.1 Å². The van der Waals surface area contributed by atoms with Crippen LogP contribution in [0.1, 0.15) is 5.56 Å². The number of pyridine rings is 2. The van der Waals surface area contributed by atoms with E-state index in [9.17, 15) is 4.39 Å². The molecule has 0 aliphatic carbocycles. The van der Waals surface area contributed by atoms with Crippen LogP contribution >= 0.6 is 0 Å². The van der Waals surface area contributed by atoms with Gasteiger partial charge in [0.15, 0.2) is 5.82 Å². The van der Waals surface area contributed by atoms with Gasteiger partial charge < -0.3 is 5.32 Å². The normalized spacial score (nSPS) is 10.8. The van der Waals surface area contributed by atoms with Crippen LogP contribution in [0.25, 0.3) is 22.3 Å². The summed E-state index contributed by atoms with van der Waals surface area (Å²) >= 11 is 0. The van der Waals surface area contributed by atoms with E-state index in [1.54, 1.807) is 24.7 Å². The van der Waals surface area contributed by atoms with Crippen LogP contribution in [0.5, 0.6) is 0 Å². The fourth-order valence-corrected chi connectivity index (χ4v) is 2.48. The maximum Gasteiger partial charge on any atom is 0.163 e. The van der Waals surface area contributed by atoms with E-state index in [0.29, 0.717) is 28.4 Å². The molecule has 6 heteroatoms. The van der Waals surface area contributed by atoms with Crippen LogP contribution < -0.4 is 5.32 Å². The molecule has 1 aromatic carbocycles. The SMILES string of the molecule is Cc1ccc(Nc2nc(-c3cccnc3)nc3ccc(F)cc23)nc1. The zero-order valence-corrected chi connectivity index (χ0v) is 13.4. The van der Waals surface area contributed by atoms with Crippen LogP contribution in [0.15, 0.2) is 61.1 Å². The Bertz CT molecular complexity index is 1030. The summed E-state index contributed by atoms with van der Waals surface area (Å²) in [5.74, 6) is 1.30. The number of rotatable bonds is 3. The van der Waals surface area contributed by atoms with Crippen molar-refractivity contribution in [3.8, 4) is 11.4 Å². The maximum absolute atomic E-state index is 13.7. The Morgan fingerprint density at radius 1 is 1.00 bits per heavy atom. The first-order chi connectivity index (χ1) is 12.2. The summed E-state index contributed by atoms with van der Waals surface area (Å²) in [5.41, 5.74) is 2.48. The van der Waals surface area contributed by atoms with Gasteiger partial charge >= 0.3 is 0 Å². The van der Waals surface area contributed by atoms with Crippen LogP contribution in [0.4, 0.5) is 16.0 Å². The predicted molar refractivity (Wildman–Crippen MR) is 95.0 cm³/mol. The van der Waals surface area contributed by atoms with Crippen LogP contribution in [0.3, 0.4) is 0 Å². The zero-order chi connectivity index (χ0) is 17.2. The smallest absolute Gasteiger partial charge is 0.163 e. The van der Waals surface area contributed by atoms with Gasteiger partial charge in [0.1, 0.15) is 17.5 Å². The molecule has 1 N–H and O–H groups in total. The van der Waals surface area contributed by atoms with Gasteiger partial charge in [-0.2, -0.15) is 0 Å². The van der Waals surface area contributed by atoms with Crippen LogP contribution in [0, 0.1) is 12.7 Å². The van der Waals surface area contributed by atoms with E-state index in [-0.39, 0.29) is 5.82 Å². The van der Waals surface area contributed by atoms with Gasteiger partial charge in [-0.15, -0.1) is 0 Å². The molecule has 0 fully saturated rings. The molecule has 0 atom stereocenters. The van der Waals surface area contributed by atoms with Crippen LogP contribution in [-0.4, -0.2) is 19.9 Å². The maximum atomic E-state index is 13.7. The Morgan fingerprint density at radius 3 is 2.68 bits per heavy atom. The van der Waals surface area contributed by atoms with Gasteiger partial charge in [0.05, 0.1) is 5.52 Å². The number of aromatic nitrogens is 4. The lowest BCUT2D eigenvalue weighted by atomic mass is 10.2. The topological polar surface area (TPSA) is 63.6 Å². The van der Waals surface area contributed by atoms with Crippen molar-refractivity contribution in [1.82, 2.24) is 19.9 Å². The summed E-state index contributed by atoms with van der Waals surface area (Å²) < 4.78 is 13.7. The number of benzene rings is 1. The molecule has 4 aromatic rings. The second-order valence-corrected chi connectivity index (χ2v) is 5.64. The molecular weight excluding hydrogens is 317 g/mol. The van der Waals surface area contributed by atoms with Crippen molar-refractivity contribution in [2.24, 2.45) is 0 Å². The summed E-state index contributed by atoms with van der Waals surface area (Å²) in [6, 6.07) is 11.9. The molecule has 3 aromatic heterocycles. The Labute approximate surface area is 143 Å². The lowest BCUT2D eigenvalue weighted by Gasteiger charge is -2.10. The van der Waals surface area contributed by atoms with Crippen molar-refractivity contribution in [2.45, 2.75) is 6.92 Å². The van der Waals surface area contributed by atoms with Gasteiger partial charge in [0, 0.05) is 29.5 Å². The molecule has 0 bridgehead atoms. The van der Waals surface area contributed by atoms with Gasteiger partial charge in [-0.3, -0.25) is 4.98 Å². The molecule has 122 valence electrons. The van der Waals surface area contributed by atoms with E-state index in [1.807, 2.05) is 31.2 Å². The molecule has 0 saturated heterocycles. The van der Waals surface area contributed by atoms with Crippen molar-refractivity contribution < 1.29 is 4.39 Å². The average Bonchev–Trinajstić information content (AvgIpc) is 2.64. The monoisotopic (exact) mass is 331 g/mol. The van der Waals surface area contributed by atoms with Gasteiger partial charge in [-0.25, -0.2) is 19.3 Å². The fourth-order valence-electron chi connectivity index (χ4n) is 2.48. The van der Waals surface area contributed by atoms with Crippen molar-refractivity contribution >= 4 is 22.5 Å². The third kappa shape index (κ3) is 3.14. The highest BCUT2D eigenvalue weighted by Gasteiger charge is 2.11. The molecule has 4 rings (SSSR count). The highest BCUT2D eigenvalue weighted by molar-refractivity contribution is 5.92. The highest BCUT2D eigenvalue weighted by Crippen LogP contribution is 2.27. The average molecular weight is 331 g/mol. The Morgan fingerprint density at radius 2 is 1.92 bits per heavy atom. The largest absolute Gasteiger partial charge is 0.324 e. The second kappa shape index (κ2) is 6.24. The van der Waals surface area contributed by atoms with E-state index in [4.69, 9.17) is 0 Å². The Hall–Kier alpha value is -3.41. The quantitative estimate of drug-likeness (QED) is 0.607.